The number of hydrogen-bond acceptors (Lipinski definition) is 7. The van der Waals surface area contributed by atoms with Crippen LogP contribution in [0.15, 0.2) is 5.03 Å². The average molecular weight is 321 g/mol. The third kappa shape index (κ3) is 2.41. The molecule has 3 rings (SSSR count). The SMILES string of the molecule is CCOC(=O)c1c(SC)nc(N2CCCC2)n2c(C)nnc12. The number of esters is 1. The van der Waals surface area contributed by atoms with E-state index in [1.165, 1.54) is 11.8 Å². The van der Waals surface area contributed by atoms with Gasteiger partial charge in [-0.05, 0) is 32.9 Å². The van der Waals surface area contributed by atoms with Gasteiger partial charge in [0.15, 0.2) is 5.65 Å². The zero-order valence-corrected chi connectivity index (χ0v) is 13.8. The second kappa shape index (κ2) is 6.12. The Bertz CT molecular complexity index is 709. The second-order valence-corrected chi connectivity index (χ2v) is 5.91. The van der Waals surface area contributed by atoms with Crippen LogP contribution >= 0.6 is 11.8 Å². The Morgan fingerprint density at radius 1 is 1.32 bits per heavy atom. The number of rotatable bonds is 4. The van der Waals surface area contributed by atoms with Gasteiger partial charge in [-0.2, -0.15) is 0 Å². The quantitative estimate of drug-likeness (QED) is 0.484. The zero-order valence-electron chi connectivity index (χ0n) is 13.0. The molecule has 0 saturated carbocycles. The molecule has 0 spiro atoms. The summed E-state index contributed by atoms with van der Waals surface area (Å²) in [6.07, 6.45) is 4.20. The molecule has 0 radical (unpaired) electrons. The van der Waals surface area contributed by atoms with Crippen LogP contribution in [-0.4, -0.2) is 51.5 Å². The van der Waals surface area contributed by atoms with Gasteiger partial charge in [0.25, 0.3) is 0 Å². The van der Waals surface area contributed by atoms with Crippen molar-refractivity contribution in [3.05, 3.63) is 11.4 Å². The minimum absolute atomic E-state index is 0.319. The maximum Gasteiger partial charge on any atom is 0.344 e. The van der Waals surface area contributed by atoms with Gasteiger partial charge in [-0.15, -0.1) is 22.0 Å². The highest BCUT2D eigenvalue weighted by molar-refractivity contribution is 7.98. The molecule has 0 bridgehead atoms. The van der Waals surface area contributed by atoms with Gasteiger partial charge in [-0.25, -0.2) is 14.2 Å². The first-order chi connectivity index (χ1) is 10.7. The summed E-state index contributed by atoms with van der Waals surface area (Å²) in [6, 6.07) is 0. The molecule has 1 saturated heterocycles. The van der Waals surface area contributed by atoms with Gasteiger partial charge in [0.2, 0.25) is 5.95 Å². The first kappa shape index (κ1) is 15.1. The molecule has 0 aromatic carbocycles. The van der Waals surface area contributed by atoms with Crippen LogP contribution in [0.1, 0.15) is 35.9 Å². The van der Waals surface area contributed by atoms with Crippen LogP contribution in [-0.2, 0) is 4.74 Å². The summed E-state index contributed by atoms with van der Waals surface area (Å²) in [4.78, 5) is 19.2. The summed E-state index contributed by atoms with van der Waals surface area (Å²) >= 11 is 1.43. The third-order valence-electron chi connectivity index (χ3n) is 3.73. The minimum Gasteiger partial charge on any atom is -0.462 e. The molecule has 0 N–H and O–H groups in total. The lowest BCUT2D eigenvalue weighted by atomic mass is 10.3. The van der Waals surface area contributed by atoms with Crippen LogP contribution in [0.2, 0.25) is 0 Å². The normalized spacial score (nSPS) is 14.8. The minimum atomic E-state index is -0.398. The fraction of sp³-hybridized carbons (Fsp3) is 0.571. The van der Waals surface area contributed by atoms with Crippen molar-refractivity contribution in [3.8, 4) is 0 Å². The molecule has 2 aromatic heterocycles. The molecule has 118 valence electrons. The molecular weight excluding hydrogens is 302 g/mol. The van der Waals surface area contributed by atoms with Crippen molar-refractivity contribution in [2.45, 2.75) is 31.7 Å². The molecule has 1 aliphatic rings. The van der Waals surface area contributed by atoms with Crippen molar-refractivity contribution >= 4 is 29.3 Å². The van der Waals surface area contributed by atoms with Gasteiger partial charge >= 0.3 is 5.97 Å². The monoisotopic (exact) mass is 321 g/mol. The maximum absolute atomic E-state index is 12.3. The van der Waals surface area contributed by atoms with Crippen LogP contribution in [0.4, 0.5) is 5.95 Å². The number of carbonyl (C=O) groups excluding carboxylic acids is 1. The summed E-state index contributed by atoms with van der Waals surface area (Å²) in [5, 5.41) is 8.97. The van der Waals surface area contributed by atoms with E-state index in [4.69, 9.17) is 9.72 Å². The summed E-state index contributed by atoms with van der Waals surface area (Å²) in [7, 11) is 0. The predicted octanol–water partition coefficient (Wildman–Crippen LogP) is 1.93. The van der Waals surface area contributed by atoms with E-state index in [0.717, 1.165) is 37.7 Å². The van der Waals surface area contributed by atoms with E-state index in [-0.39, 0.29) is 0 Å². The summed E-state index contributed by atoms with van der Waals surface area (Å²) in [6.45, 7) is 5.91. The Hall–Kier alpha value is -1.83. The van der Waals surface area contributed by atoms with Gasteiger partial charge in [-0.3, -0.25) is 0 Å². The maximum atomic E-state index is 12.3. The molecule has 0 atom stereocenters. The zero-order chi connectivity index (χ0) is 15.7. The van der Waals surface area contributed by atoms with Crippen molar-refractivity contribution in [2.75, 3.05) is 30.9 Å². The lowest BCUT2D eigenvalue weighted by molar-refractivity contribution is 0.0523. The number of hydrogen-bond donors (Lipinski definition) is 0. The largest absolute Gasteiger partial charge is 0.462 e. The van der Waals surface area contributed by atoms with Gasteiger partial charge in [0.05, 0.1) is 6.61 Å². The molecule has 0 amide bonds. The number of thioether (sulfide) groups is 1. The van der Waals surface area contributed by atoms with Crippen molar-refractivity contribution in [3.63, 3.8) is 0 Å². The molecule has 22 heavy (non-hydrogen) atoms. The number of aromatic nitrogens is 4. The van der Waals surface area contributed by atoms with Crippen LogP contribution < -0.4 is 4.90 Å². The Morgan fingerprint density at radius 2 is 2.05 bits per heavy atom. The van der Waals surface area contributed by atoms with E-state index in [1.54, 1.807) is 6.92 Å². The fourth-order valence-electron chi connectivity index (χ4n) is 2.71. The smallest absolute Gasteiger partial charge is 0.344 e. The molecule has 8 heteroatoms. The van der Waals surface area contributed by atoms with E-state index in [9.17, 15) is 4.79 Å². The molecule has 1 fully saturated rings. The molecule has 1 aliphatic heterocycles. The van der Waals surface area contributed by atoms with Gasteiger partial charge < -0.3 is 9.64 Å². The molecule has 0 aliphatic carbocycles. The molecule has 3 heterocycles. The lowest BCUT2D eigenvalue weighted by Crippen LogP contribution is -2.24. The van der Waals surface area contributed by atoms with Crippen LogP contribution in [0.25, 0.3) is 5.65 Å². The highest BCUT2D eigenvalue weighted by atomic mass is 32.2. The number of carbonyl (C=O) groups is 1. The molecule has 0 unspecified atom stereocenters. The van der Waals surface area contributed by atoms with E-state index in [0.29, 0.717) is 22.8 Å². The summed E-state index contributed by atoms with van der Waals surface area (Å²) in [5.74, 6) is 1.14. The Balaban J connectivity index is 2.24. The summed E-state index contributed by atoms with van der Waals surface area (Å²) in [5.41, 5.74) is 0.926. The van der Waals surface area contributed by atoms with Gasteiger partial charge in [0, 0.05) is 13.1 Å². The Morgan fingerprint density at radius 3 is 2.68 bits per heavy atom. The number of fused-ring (bicyclic) bond motifs is 1. The second-order valence-electron chi connectivity index (χ2n) is 5.12. The van der Waals surface area contributed by atoms with Crippen LogP contribution in [0.3, 0.4) is 0 Å². The highest BCUT2D eigenvalue weighted by Gasteiger charge is 2.26. The first-order valence-corrected chi connectivity index (χ1v) is 8.61. The number of ether oxygens (including phenoxy) is 1. The molecule has 7 nitrogen and oxygen atoms in total. The Labute approximate surface area is 133 Å². The summed E-state index contributed by atoms with van der Waals surface area (Å²) < 4.78 is 7.02. The third-order valence-corrected chi connectivity index (χ3v) is 4.41. The highest BCUT2D eigenvalue weighted by Crippen LogP contribution is 2.29. The van der Waals surface area contributed by atoms with Crippen molar-refractivity contribution in [1.29, 1.82) is 0 Å². The molecular formula is C14H19N5O2S. The standard InChI is InChI=1S/C14H19N5O2S/c1-4-21-13(20)10-11-17-16-9(2)19(11)14(15-12(10)22-3)18-7-5-6-8-18/h4-8H2,1-3H3. The van der Waals surface area contributed by atoms with E-state index < -0.39 is 5.97 Å². The van der Waals surface area contributed by atoms with E-state index in [2.05, 4.69) is 15.1 Å². The van der Waals surface area contributed by atoms with E-state index >= 15 is 0 Å². The Kier molecular flexibility index (Phi) is 4.19. The first-order valence-electron chi connectivity index (χ1n) is 7.39. The number of aryl methyl sites for hydroxylation is 1. The van der Waals surface area contributed by atoms with Gasteiger partial charge in [0.1, 0.15) is 16.4 Å². The van der Waals surface area contributed by atoms with Crippen molar-refractivity contribution in [1.82, 2.24) is 19.6 Å². The predicted molar refractivity (Wildman–Crippen MR) is 84.7 cm³/mol. The lowest BCUT2D eigenvalue weighted by Gasteiger charge is -2.20. The average Bonchev–Trinajstić information content (AvgIpc) is 3.16. The van der Waals surface area contributed by atoms with E-state index in [1.807, 2.05) is 17.6 Å². The fourth-order valence-corrected chi connectivity index (χ4v) is 3.27. The molecule has 2 aromatic rings. The number of anilines is 1. The topological polar surface area (TPSA) is 72.6 Å². The van der Waals surface area contributed by atoms with Crippen LogP contribution in [0.5, 0.6) is 0 Å². The van der Waals surface area contributed by atoms with Crippen molar-refractivity contribution in [2.24, 2.45) is 0 Å². The van der Waals surface area contributed by atoms with Crippen LogP contribution in [0, 0.1) is 6.92 Å². The van der Waals surface area contributed by atoms with Crippen molar-refractivity contribution < 1.29 is 9.53 Å². The number of nitrogens with zero attached hydrogens (tertiary/aromatic N) is 5. The van der Waals surface area contributed by atoms with Gasteiger partial charge in [-0.1, -0.05) is 0 Å².